The van der Waals surface area contributed by atoms with Gasteiger partial charge in [0.05, 0.1) is 16.9 Å². The summed E-state index contributed by atoms with van der Waals surface area (Å²) in [6.45, 7) is 3.65. The summed E-state index contributed by atoms with van der Waals surface area (Å²) in [5.74, 6) is -0.275. The van der Waals surface area contributed by atoms with E-state index >= 15 is 0 Å². The fraction of sp³-hybridized carbons (Fsp3) is 0.250. The lowest BCUT2D eigenvalue weighted by molar-refractivity contribution is 0.102. The summed E-state index contributed by atoms with van der Waals surface area (Å²) in [6, 6.07) is 14.7. The fourth-order valence-corrected chi connectivity index (χ4v) is 3.14. The van der Waals surface area contributed by atoms with Gasteiger partial charge in [0.1, 0.15) is 6.07 Å². The van der Waals surface area contributed by atoms with E-state index in [1.165, 1.54) is 4.90 Å². The molecule has 2 amide bonds. The third-order valence-corrected chi connectivity index (χ3v) is 4.57. The van der Waals surface area contributed by atoms with Crippen LogP contribution in [0.4, 0.5) is 16.2 Å². The summed E-state index contributed by atoms with van der Waals surface area (Å²) in [6.07, 6.45) is -0.936. The number of nitrogens with zero attached hydrogens (tertiary/aromatic N) is 3. The summed E-state index contributed by atoms with van der Waals surface area (Å²) in [7, 11) is 0. The highest BCUT2D eigenvalue weighted by Crippen LogP contribution is 2.28. The van der Waals surface area contributed by atoms with Crippen LogP contribution in [0.1, 0.15) is 21.5 Å². The van der Waals surface area contributed by atoms with E-state index in [0.717, 1.165) is 5.56 Å². The Bertz CT molecular complexity index is 912. The third kappa shape index (κ3) is 4.01. The van der Waals surface area contributed by atoms with Gasteiger partial charge in [-0.2, -0.15) is 5.26 Å². The van der Waals surface area contributed by atoms with E-state index < -0.39 is 6.09 Å². The monoisotopic (exact) mass is 364 g/mol. The minimum atomic E-state index is -0.936. The lowest BCUT2D eigenvalue weighted by Gasteiger charge is -2.35. The normalized spacial score (nSPS) is 13.8. The topological polar surface area (TPSA) is 96.7 Å². The van der Waals surface area contributed by atoms with E-state index in [9.17, 15) is 14.9 Å². The quantitative estimate of drug-likeness (QED) is 0.873. The first-order valence-electron chi connectivity index (χ1n) is 8.63. The number of rotatable bonds is 3. The Labute approximate surface area is 157 Å². The number of hydrogen-bond donors (Lipinski definition) is 2. The molecule has 0 unspecified atom stereocenters. The lowest BCUT2D eigenvalue weighted by Crippen LogP contribution is -2.48. The van der Waals surface area contributed by atoms with Crippen LogP contribution >= 0.6 is 0 Å². The van der Waals surface area contributed by atoms with Gasteiger partial charge in [0.15, 0.2) is 0 Å². The van der Waals surface area contributed by atoms with Gasteiger partial charge in [-0.05, 0) is 31.2 Å². The number of nitriles is 1. The van der Waals surface area contributed by atoms with E-state index in [4.69, 9.17) is 5.11 Å². The SMILES string of the molecule is Cc1cccc(C(=O)Nc2cccc(N3CCN(C(=O)O)CC3)c2C#N)c1. The standard InChI is InChI=1S/C20H20N4O3/c1-14-4-2-5-15(12-14)19(25)22-17-6-3-7-18(16(17)13-21)23-8-10-24(11-9-23)20(26)27/h2-7,12H,8-11H2,1H3,(H,22,25)(H,26,27). The van der Waals surface area contributed by atoms with Crippen LogP contribution in [-0.4, -0.2) is 48.2 Å². The Morgan fingerprint density at radius 3 is 2.44 bits per heavy atom. The number of hydrogen-bond acceptors (Lipinski definition) is 4. The molecular formula is C20H20N4O3. The van der Waals surface area contributed by atoms with E-state index in [1.54, 1.807) is 24.3 Å². The first-order valence-corrected chi connectivity index (χ1v) is 8.63. The fourth-order valence-electron chi connectivity index (χ4n) is 3.14. The molecule has 0 bridgehead atoms. The molecule has 1 aliphatic heterocycles. The van der Waals surface area contributed by atoms with Gasteiger partial charge in [-0.1, -0.05) is 23.8 Å². The van der Waals surface area contributed by atoms with Crippen molar-refractivity contribution < 1.29 is 14.7 Å². The Balaban J connectivity index is 1.82. The molecular weight excluding hydrogens is 344 g/mol. The van der Waals surface area contributed by atoms with Gasteiger partial charge in [-0.25, -0.2) is 4.79 Å². The number of anilines is 2. The Kier molecular flexibility index (Phi) is 5.27. The Hall–Kier alpha value is -3.53. The van der Waals surface area contributed by atoms with Gasteiger partial charge in [-0.3, -0.25) is 4.79 Å². The molecule has 0 spiro atoms. The second-order valence-corrected chi connectivity index (χ2v) is 6.39. The predicted molar refractivity (Wildman–Crippen MR) is 102 cm³/mol. The number of carboxylic acid groups (broad SMARTS) is 1. The van der Waals surface area contributed by atoms with Gasteiger partial charge < -0.3 is 20.2 Å². The number of amides is 2. The average Bonchev–Trinajstić information content (AvgIpc) is 2.68. The molecule has 0 aromatic heterocycles. The summed E-state index contributed by atoms with van der Waals surface area (Å²) >= 11 is 0. The summed E-state index contributed by atoms with van der Waals surface area (Å²) < 4.78 is 0. The molecule has 1 fully saturated rings. The highest BCUT2D eigenvalue weighted by atomic mass is 16.4. The maximum absolute atomic E-state index is 12.5. The Morgan fingerprint density at radius 1 is 1.11 bits per heavy atom. The maximum Gasteiger partial charge on any atom is 0.407 e. The molecule has 0 radical (unpaired) electrons. The van der Waals surface area contributed by atoms with Crippen molar-refractivity contribution in [1.82, 2.24) is 4.90 Å². The van der Waals surface area contributed by atoms with Gasteiger partial charge in [0, 0.05) is 31.7 Å². The van der Waals surface area contributed by atoms with E-state index in [-0.39, 0.29) is 5.91 Å². The van der Waals surface area contributed by atoms with Crippen molar-refractivity contribution in [1.29, 1.82) is 5.26 Å². The van der Waals surface area contributed by atoms with Crippen molar-refractivity contribution in [3.63, 3.8) is 0 Å². The molecule has 2 aromatic rings. The molecule has 138 valence electrons. The number of benzene rings is 2. The summed E-state index contributed by atoms with van der Waals surface area (Å²) in [5.41, 5.74) is 3.03. The molecule has 7 heteroatoms. The molecule has 0 atom stereocenters. The maximum atomic E-state index is 12.5. The van der Waals surface area contributed by atoms with Crippen LogP contribution in [-0.2, 0) is 0 Å². The van der Waals surface area contributed by atoms with Crippen LogP contribution in [0.3, 0.4) is 0 Å². The van der Waals surface area contributed by atoms with Crippen LogP contribution in [0.5, 0.6) is 0 Å². The van der Waals surface area contributed by atoms with Crippen molar-refractivity contribution in [2.75, 3.05) is 36.4 Å². The minimum absolute atomic E-state index is 0.275. The molecule has 1 aliphatic rings. The summed E-state index contributed by atoms with van der Waals surface area (Å²) in [5, 5.41) is 21.6. The van der Waals surface area contributed by atoms with E-state index in [1.807, 2.05) is 30.0 Å². The molecule has 27 heavy (non-hydrogen) atoms. The molecule has 0 saturated carbocycles. The zero-order chi connectivity index (χ0) is 19.4. The van der Waals surface area contributed by atoms with E-state index in [2.05, 4.69) is 11.4 Å². The number of nitrogens with one attached hydrogen (secondary N) is 1. The molecule has 7 nitrogen and oxygen atoms in total. The molecule has 0 aliphatic carbocycles. The average molecular weight is 364 g/mol. The van der Waals surface area contributed by atoms with Gasteiger partial charge in [0.25, 0.3) is 5.91 Å². The number of piperazine rings is 1. The van der Waals surface area contributed by atoms with Crippen LogP contribution in [0, 0.1) is 18.3 Å². The van der Waals surface area contributed by atoms with Gasteiger partial charge >= 0.3 is 6.09 Å². The first kappa shape index (κ1) is 18.3. The second-order valence-electron chi connectivity index (χ2n) is 6.39. The highest BCUT2D eigenvalue weighted by Gasteiger charge is 2.23. The van der Waals surface area contributed by atoms with E-state index in [0.29, 0.717) is 48.7 Å². The predicted octanol–water partition coefficient (Wildman–Crippen LogP) is 2.92. The summed E-state index contributed by atoms with van der Waals surface area (Å²) in [4.78, 5) is 26.9. The zero-order valence-electron chi connectivity index (χ0n) is 15.0. The van der Waals surface area contributed by atoms with Crippen LogP contribution in [0.2, 0.25) is 0 Å². The largest absolute Gasteiger partial charge is 0.465 e. The smallest absolute Gasteiger partial charge is 0.407 e. The van der Waals surface area contributed by atoms with Crippen molar-refractivity contribution in [2.45, 2.75) is 6.92 Å². The minimum Gasteiger partial charge on any atom is -0.465 e. The van der Waals surface area contributed by atoms with Crippen molar-refractivity contribution in [2.24, 2.45) is 0 Å². The number of carbonyl (C=O) groups is 2. The van der Waals surface area contributed by atoms with Gasteiger partial charge in [-0.15, -0.1) is 0 Å². The number of aryl methyl sites for hydroxylation is 1. The van der Waals surface area contributed by atoms with Crippen molar-refractivity contribution in [3.05, 3.63) is 59.2 Å². The lowest BCUT2D eigenvalue weighted by atomic mass is 10.1. The number of carbonyl (C=O) groups excluding carboxylic acids is 1. The van der Waals surface area contributed by atoms with Crippen LogP contribution < -0.4 is 10.2 Å². The van der Waals surface area contributed by atoms with Crippen LogP contribution in [0.25, 0.3) is 0 Å². The van der Waals surface area contributed by atoms with Gasteiger partial charge in [0.2, 0.25) is 0 Å². The van der Waals surface area contributed by atoms with Crippen LogP contribution in [0.15, 0.2) is 42.5 Å². The molecule has 2 N–H and O–H groups in total. The first-order chi connectivity index (χ1) is 13.0. The molecule has 3 rings (SSSR count). The molecule has 2 aromatic carbocycles. The highest BCUT2D eigenvalue weighted by molar-refractivity contribution is 6.05. The van der Waals surface area contributed by atoms with Crippen molar-refractivity contribution in [3.8, 4) is 6.07 Å². The second kappa shape index (κ2) is 7.79. The van der Waals surface area contributed by atoms with Crippen molar-refractivity contribution >= 4 is 23.4 Å². The third-order valence-electron chi connectivity index (χ3n) is 4.57. The Morgan fingerprint density at radius 2 is 1.81 bits per heavy atom. The molecule has 1 saturated heterocycles. The molecule has 1 heterocycles. The zero-order valence-corrected chi connectivity index (χ0v) is 15.0.